The first-order chi connectivity index (χ1) is 18.6. The number of hydrogen-bond acceptors (Lipinski definition) is 6. The van der Waals surface area contributed by atoms with Gasteiger partial charge in [-0.2, -0.15) is 0 Å². The van der Waals surface area contributed by atoms with Crippen molar-refractivity contribution in [2.75, 3.05) is 32.1 Å². The summed E-state index contributed by atoms with van der Waals surface area (Å²) >= 11 is 0. The number of anilines is 1. The third-order valence-corrected chi connectivity index (χ3v) is 5.66. The summed E-state index contributed by atoms with van der Waals surface area (Å²) in [6.45, 7) is 6.97. The molecule has 0 bridgehead atoms. The number of aliphatic carboxylic acids is 2. The monoisotopic (exact) mass is 543 g/mol. The minimum Gasteiger partial charge on any atom is -0.481 e. The predicted molar refractivity (Wildman–Crippen MR) is 150 cm³/mol. The van der Waals surface area contributed by atoms with Crippen LogP contribution in [0, 0.1) is 0 Å². The second kappa shape index (κ2) is 18.4. The second-order valence-corrected chi connectivity index (χ2v) is 9.14. The van der Waals surface area contributed by atoms with Gasteiger partial charge in [0.15, 0.2) is 0 Å². The van der Waals surface area contributed by atoms with Crippen molar-refractivity contribution in [3.8, 4) is 0 Å². The quantitative estimate of drug-likeness (QED) is 0.323. The van der Waals surface area contributed by atoms with Crippen LogP contribution in [-0.2, 0) is 32.1 Å². The van der Waals surface area contributed by atoms with E-state index >= 15 is 0 Å². The van der Waals surface area contributed by atoms with E-state index in [-0.39, 0.29) is 25.9 Å². The van der Waals surface area contributed by atoms with E-state index < -0.39 is 30.0 Å². The lowest BCUT2D eigenvalue weighted by atomic mass is 10.1. The van der Waals surface area contributed by atoms with Crippen LogP contribution >= 0.6 is 0 Å². The van der Waals surface area contributed by atoms with Crippen molar-refractivity contribution >= 4 is 29.6 Å². The van der Waals surface area contributed by atoms with Gasteiger partial charge in [-0.05, 0) is 62.7 Å². The molecule has 0 aliphatic heterocycles. The summed E-state index contributed by atoms with van der Waals surface area (Å²) in [5, 5.41) is 20.1. The van der Waals surface area contributed by atoms with Gasteiger partial charge in [0.05, 0.1) is 6.42 Å². The summed E-state index contributed by atoms with van der Waals surface area (Å²) in [6.07, 6.45) is 1.43. The number of rotatable bonds is 14. The summed E-state index contributed by atoms with van der Waals surface area (Å²) in [6, 6.07) is 14.6. The molecule has 3 N–H and O–H groups in total. The number of benzene rings is 2. The maximum atomic E-state index is 12.1. The van der Waals surface area contributed by atoms with Gasteiger partial charge in [-0.15, -0.1) is 0 Å². The molecule has 2 rings (SSSR count). The van der Waals surface area contributed by atoms with E-state index in [1.807, 2.05) is 18.2 Å². The van der Waals surface area contributed by atoms with E-state index in [1.54, 1.807) is 43.4 Å². The third kappa shape index (κ3) is 14.0. The number of nitrogens with zero attached hydrogens (tertiary/aromatic N) is 2. The number of carbonyl (C=O) groups is 4. The average molecular weight is 544 g/mol. The normalized spacial score (nSPS) is 11.1. The van der Waals surface area contributed by atoms with Gasteiger partial charge < -0.3 is 25.2 Å². The van der Waals surface area contributed by atoms with E-state index in [4.69, 9.17) is 14.9 Å². The number of ether oxygens (including phenoxy) is 1. The van der Waals surface area contributed by atoms with Gasteiger partial charge in [-0.3, -0.25) is 14.5 Å². The van der Waals surface area contributed by atoms with Gasteiger partial charge in [-0.25, -0.2) is 9.59 Å². The van der Waals surface area contributed by atoms with Crippen molar-refractivity contribution in [1.82, 2.24) is 10.2 Å². The predicted octanol–water partition coefficient (Wildman–Crippen LogP) is 4.17. The molecule has 0 radical (unpaired) electrons. The van der Waals surface area contributed by atoms with Crippen molar-refractivity contribution in [3.63, 3.8) is 0 Å². The zero-order valence-corrected chi connectivity index (χ0v) is 23.3. The fraction of sp³-hybridized carbons (Fsp3) is 0.448. The van der Waals surface area contributed by atoms with Gasteiger partial charge in [0.2, 0.25) is 5.91 Å². The standard InChI is InChI=1S/C22H24N2O7.C7H17N/c1-24(17-5-3-2-4-6-17)22(30)31-14-16-9-7-15(8-10-16)13-19(25)23-18(21(28)29)11-12-20(26)27;1-4-6-8(3)7-5-2/h2-10,18H,11-14H2,1H3,(H,23,25)(H,26,27)(H,28,29);4-7H2,1-3H3. The van der Waals surface area contributed by atoms with Crippen molar-refractivity contribution in [2.24, 2.45) is 0 Å². The summed E-state index contributed by atoms with van der Waals surface area (Å²) in [7, 11) is 3.78. The van der Waals surface area contributed by atoms with Crippen LogP contribution in [0.1, 0.15) is 50.7 Å². The molecule has 0 spiro atoms. The van der Waals surface area contributed by atoms with Gasteiger partial charge >= 0.3 is 18.0 Å². The van der Waals surface area contributed by atoms with Crippen molar-refractivity contribution in [2.45, 2.75) is 58.6 Å². The number of carbonyl (C=O) groups excluding carboxylic acids is 2. The topological polar surface area (TPSA) is 136 Å². The van der Waals surface area contributed by atoms with Gasteiger partial charge in [0.25, 0.3) is 0 Å². The second-order valence-electron chi connectivity index (χ2n) is 9.14. The van der Waals surface area contributed by atoms with Gasteiger partial charge in [0, 0.05) is 19.2 Å². The number of para-hydroxylation sites is 1. The summed E-state index contributed by atoms with van der Waals surface area (Å²) < 4.78 is 5.28. The number of hydrogen-bond donors (Lipinski definition) is 3. The smallest absolute Gasteiger partial charge is 0.414 e. The Hall–Kier alpha value is -3.92. The van der Waals surface area contributed by atoms with Crippen molar-refractivity contribution < 1.29 is 34.1 Å². The molecule has 0 aromatic heterocycles. The lowest BCUT2D eigenvalue weighted by molar-refractivity contribution is -0.143. The van der Waals surface area contributed by atoms with Gasteiger partial charge in [0.1, 0.15) is 12.6 Å². The highest BCUT2D eigenvalue weighted by atomic mass is 16.6. The van der Waals surface area contributed by atoms with E-state index in [9.17, 15) is 19.2 Å². The molecule has 2 aromatic carbocycles. The minimum absolute atomic E-state index is 0.0543. The molecule has 2 amide bonds. The SMILES string of the molecule is CCCN(C)CCC.CN(C(=O)OCc1ccc(CC(=O)NC(CCC(=O)O)C(=O)O)cc1)c1ccccc1. The number of amides is 2. The number of carboxylic acid groups (broad SMARTS) is 2. The summed E-state index contributed by atoms with van der Waals surface area (Å²) in [4.78, 5) is 49.7. The zero-order chi connectivity index (χ0) is 29.2. The first kappa shape index (κ1) is 33.1. The van der Waals surface area contributed by atoms with E-state index in [1.165, 1.54) is 30.8 Å². The largest absolute Gasteiger partial charge is 0.481 e. The fourth-order valence-corrected chi connectivity index (χ4v) is 3.58. The van der Waals surface area contributed by atoms with Crippen LogP contribution in [0.5, 0.6) is 0 Å². The Kier molecular flexibility index (Phi) is 15.6. The molecule has 1 atom stereocenters. The Morgan fingerprint density at radius 2 is 1.44 bits per heavy atom. The van der Waals surface area contributed by atoms with Gasteiger partial charge in [-0.1, -0.05) is 56.3 Å². The Balaban J connectivity index is 0.000000824. The lowest BCUT2D eigenvalue weighted by Crippen LogP contribution is -2.41. The molecule has 0 heterocycles. The molecule has 1 unspecified atom stereocenters. The van der Waals surface area contributed by atoms with Crippen LogP contribution in [0.4, 0.5) is 10.5 Å². The Labute approximate surface area is 230 Å². The van der Waals surface area contributed by atoms with Crippen LogP contribution in [0.25, 0.3) is 0 Å². The molecular formula is C29H41N3O7. The molecule has 0 aliphatic rings. The zero-order valence-electron chi connectivity index (χ0n) is 23.3. The molecule has 0 saturated carbocycles. The van der Waals surface area contributed by atoms with Crippen molar-refractivity contribution in [3.05, 3.63) is 65.7 Å². The average Bonchev–Trinajstić information content (AvgIpc) is 2.91. The lowest BCUT2D eigenvalue weighted by Gasteiger charge is -2.17. The molecule has 0 saturated heterocycles. The molecule has 0 fully saturated rings. The maximum absolute atomic E-state index is 12.1. The highest BCUT2D eigenvalue weighted by Crippen LogP contribution is 2.13. The Morgan fingerprint density at radius 3 is 1.95 bits per heavy atom. The van der Waals surface area contributed by atoms with E-state index in [2.05, 4.69) is 31.1 Å². The molecular weight excluding hydrogens is 502 g/mol. The molecule has 0 aliphatic carbocycles. The van der Waals surface area contributed by atoms with Crippen LogP contribution in [0.2, 0.25) is 0 Å². The van der Waals surface area contributed by atoms with Crippen LogP contribution < -0.4 is 10.2 Å². The van der Waals surface area contributed by atoms with Crippen LogP contribution in [-0.4, -0.2) is 72.3 Å². The summed E-state index contributed by atoms with van der Waals surface area (Å²) in [5.74, 6) is -2.94. The van der Waals surface area contributed by atoms with E-state index in [0.29, 0.717) is 11.3 Å². The Bertz CT molecular complexity index is 1020. The number of nitrogens with one attached hydrogen (secondary N) is 1. The first-order valence-electron chi connectivity index (χ1n) is 13.0. The molecule has 10 heteroatoms. The molecule has 10 nitrogen and oxygen atoms in total. The van der Waals surface area contributed by atoms with Crippen LogP contribution in [0.3, 0.4) is 0 Å². The maximum Gasteiger partial charge on any atom is 0.414 e. The fourth-order valence-electron chi connectivity index (χ4n) is 3.58. The molecule has 214 valence electrons. The third-order valence-electron chi connectivity index (χ3n) is 5.66. The van der Waals surface area contributed by atoms with E-state index in [0.717, 1.165) is 5.56 Å². The highest BCUT2D eigenvalue weighted by molar-refractivity contribution is 5.87. The Morgan fingerprint density at radius 1 is 0.872 bits per heavy atom. The first-order valence-corrected chi connectivity index (χ1v) is 13.0. The van der Waals surface area contributed by atoms with Crippen molar-refractivity contribution in [1.29, 1.82) is 0 Å². The minimum atomic E-state index is -1.28. The highest BCUT2D eigenvalue weighted by Gasteiger charge is 2.21. The van der Waals surface area contributed by atoms with Crippen LogP contribution in [0.15, 0.2) is 54.6 Å². The molecule has 39 heavy (non-hydrogen) atoms. The molecule has 2 aromatic rings. The number of carboxylic acids is 2. The summed E-state index contributed by atoms with van der Waals surface area (Å²) in [5.41, 5.74) is 2.07.